The van der Waals surface area contributed by atoms with E-state index in [1.54, 1.807) is 23.4 Å². The molecule has 1 aromatic heterocycles. The molecule has 2 atom stereocenters. The Bertz CT molecular complexity index is 985. The van der Waals surface area contributed by atoms with Crippen LogP contribution < -0.4 is 0 Å². The number of carbonyl (C=O) groups is 2. The lowest BCUT2D eigenvalue weighted by Crippen LogP contribution is -2.50. The quantitative estimate of drug-likeness (QED) is 0.778. The number of rotatable bonds is 4. The molecule has 1 spiro atoms. The number of nitrogens with zero attached hydrogens (tertiary/aromatic N) is 4. The molecule has 2 aliphatic heterocycles. The third-order valence-electron chi connectivity index (χ3n) is 6.83. The topological polar surface area (TPSA) is 58.4 Å². The van der Waals surface area contributed by atoms with Crippen molar-refractivity contribution in [3.05, 3.63) is 53.9 Å². The average Bonchev–Trinajstić information content (AvgIpc) is 3.31. The van der Waals surface area contributed by atoms with E-state index in [-0.39, 0.29) is 17.9 Å². The second-order valence-corrected chi connectivity index (χ2v) is 9.21. The van der Waals surface area contributed by atoms with Crippen LogP contribution in [0.2, 0.25) is 0 Å². The lowest BCUT2D eigenvalue weighted by Gasteiger charge is -2.39. The molecule has 2 saturated heterocycles. The van der Waals surface area contributed by atoms with Gasteiger partial charge in [0.05, 0.1) is 23.5 Å². The molecule has 158 valence electrons. The maximum atomic E-state index is 13.8. The third-order valence-corrected chi connectivity index (χ3v) is 6.83. The predicted molar refractivity (Wildman–Crippen MR) is 109 cm³/mol. The molecule has 30 heavy (non-hydrogen) atoms. The maximum absolute atomic E-state index is 13.8. The smallest absolute Gasteiger partial charge is 0.254 e. The first kappa shape index (κ1) is 19.3. The average molecular weight is 410 g/mol. The highest BCUT2D eigenvalue weighted by Crippen LogP contribution is 2.49. The van der Waals surface area contributed by atoms with Crippen LogP contribution in [-0.4, -0.2) is 50.8 Å². The minimum Gasteiger partial charge on any atom is -0.342 e. The van der Waals surface area contributed by atoms with Crippen molar-refractivity contribution < 1.29 is 14.0 Å². The Balaban J connectivity index is 1.48. The fourth-order valence-electron chi connectivity index (χ4n) is 5.13. The zero-order valence-corrected chi connectivity index (χ0v) is 17.3. The van der Waals surface area contributed by atoms with Gasteiger partial charge in [0.1, 0.15) is 5.82 Å². The molecule has 0 N–H and O–H groups in total. The first-order valence-electron chi connectivity index (χ1n) is 10.8. The number of imidazole rings is 1. The molecule has 0 bridgehead atoms. The summed E-state index contributed by atoms with van der Waals surface area (Å²) in [5.74, 6) is 0.140. The molecule has 3 fully saturated rings. The first-order chi connectivity index (χ1) is 14.4. The molecule has 6 nitrogen and oxygen atoms in total. The van der Waals surface area contributed by atoms with Gasteiger partial charge in [0.25, 0.3) is 5.91 Å². The molecular weight excluding hydrogens is 383 g/mol. The number of amides is 2. The van der Waals surface area contributed by atoms with E-state index in [0.717, 1.165) is 31.6 Å². The van der Waals surface area contributed by atoms with Crippen molar-refractivity contribution in [2.75, 3.05) is 19.6 Å². The van der Waals surface area contributed by atoms with Crippen molar-refractivity contribution in [3.63, 3.8) is 0 Å². The van der Waals surface area contributed by atoms with Gasteiger partial charge in [-0.3, -0.25) is 9.59 Å². The summed E-state index contributed by atoms with van der Waals surface area (Å²) < 4.78 is 15.6. The summed E-state index contributed by atoms with van der Waals surface area (Å²) in [6, 6.07) is 5.50. The summed E-state index contributed by atoms with van der Waals surface area (Å²) in [7, 11) is 1.89. The molecule has 1 saturated carbocycles. The van der Waals surface area contributed by atoms with Gasteiger partial charge in [0.2, 0.25) is 5.91 Å². The van der Waals surface area contributed by atoms with Crippen LogP contribution in [0.1, 0.15) is 54.2 Å². The van der Waals surface area contributed by atoms with Gasteiger partial charge in [-0.1, -0.05) is 6.07 Å². The molecule has 7 heteroatoms. The van der Waals surface area contributed by atoms with E-state index in [9.17, 15) is 14.0 Å². The standard InChI is InChI=1S/C23H27FN4O2/c1-26-13-19(25-15-26)20-11-23(8-3-9-27(22(23)30)12-16-6-7-16)14-28(20)21(29)17-4-2-5-18(24)10-17/h2,4-5,10,13,15-16,20H,3,6-9,11-12,14H2,1H3/t20-,23-/m0/s1. The Morgan fingerprint density at radius 2 is 2.17 bits per heavy atom. The Labute approximate surface area is 175 Å². The van der Waals surface area contributed by atoms with Gasteiger partial charge < -0.3 is 14.4 Å². The number of likely N-dealkylation sites (tertiary alicyclic amines) is 2. The first-order valence-corrected chi connectivity index (χ1v) is 10.8. The fourth-order valence-corrected chi connectivity index (χ4v) is 5.13. The van der Waals surface area contributed by atoms with Crippen molar-refractivity contribution in [1.82, 2.24) is 19.4 Å². The van der Waals surface area contributed by atoms with Crippen LogP contribution in [0.25, 0.3) is 0 Å². The second kappa shape index (κ2) is 7.22. The summed E-state index contributed by atoms with van der Waals surface area (Å²) in [4.78, 5) is 35.2. The summed E-state index contributed by atoms with van der Waals surface area (Å²) in [5, 5.41) is 0. The molecule has 3 heterocycles. The Morgan fingerprint density at radius 3 is 2.87 bits per heavy atom. The van der Waals surface area contributed by atoms with E-state index in [0.29, 0.717) is 24.4 Å². The second-order valence-electron chi connectivity index (χ2n) is 9.21. The van der Waals surface area contributed by atoms with Gasteiger partial charge >= 0.3 is 0 Å². The lowest BCUT2D eigenvalue weighted by atomic mass is 9.76. The minimum absolute atomic E-state index is 0.177. The van der Waals surface area contributed by atoms with E-state index >= 15 is 0 Å². The molecule has 1 aliphatic carbocycles. The van der Waals surface area contributed by atoms with Crippen molar-refractivity contribution in [3.8, 4) is 0 Å². The zero-order chi connectivity index (χ0) is 20.9. The monoisotopic (exact) mass is 410 g/mol. The van der Waals surface area contributed by atoms with Crippen LogP contribution in [0.5, 0.6) is 0 Å². The number of aryl methyl sites for hydroxylation is 1. The molecule has 5 rings (SSSR count). The van der Waals surface area contributed by atoms with Gasteiger partial charge in [-0.05, 0) is 56.2 Å². The zero-order valence-electron chi connectivity index (χ0n) is 17.3. The Morgan fingerprint density at radius 1 is 1.33 bits per heavy atom. The predicted octanol–water partition coefficient (Wildman–Crippen LogP) is 3.17. The highest BCUT2D eigenvalue weighted by molar-refractivity contribution is 5.96. The number of aromatic nitrogens is 2. The van der Waals surface area contributed by atoms with Gasteiger partial charge in [0, 0.05) is 38.4 Å². The summed E-state index contributed by atoms with van der Waals surface area (Å²) >= 11 is 0. The highest BCUT2D eigenvalue weighted by atomic mass is 19.1. The molecule has 0 unspecified atom stereocenters. The minimum atomic E-state index is -0.571. The van der Waals surface area contributed by atoms with Crippen LogP contribution in [-0.2, 0) is 11.8 Å². The van der Waals surface area contributed by atoms with Gasteiger partial charge in [0.15, 0.2) is 0 Å². The van der Waals surface area contributed by atoms with Crippen molar-refractivity contribution in [1.29, 1.82) is 0 Å². The van der Waals surface area contributed by atoms with Crippen molar-refractivity contribution in [2.24, 2.45) is 18.4 Å². The number of benzene rings is 1. The lowest BCUT2D eigenvalue weighted by molar-refractivity contribution is -0.145. The normalized spacial score (nSPS) is 26.6. The van der Waals surface area contributed by atoms with Crippen LogP contribution in [0.4, 0.5) is 4.39 Å². The van der Waals surface area contributed by atoms with Crippen LogP contribution in [0, 0.1) is 17.2 Å². The number of hydrogen-bond acceptors (Lipinski definition) is 3. The van der Waals surface area contributed by atoms with Gasteiger partial charge in [-0.15, -0.1) is 0 Å². The number of carbonyl (C=O) groups excluding carboxylic acids is 2. The molecule has 0 radical (unpaired) electrons. The van der Waals surface area contributed by atoms with Crippen molar-refractivity contribution in [2.45, 2.75) is 38.1 Å². The third kappa shape index (κ3) is 3.40. The van der Waals surface area contributed by atoms with Crippen molar-refractivity contribution >= 4 is 11.8 Å². The van der Waals surface area contributed by atoms with E-state index in [1.165, 1.54) is 25.0 Å². The molecular formula is C23H27FN4O2. The largest absolute Gasteiger partial charge is 0.342 e. The Kier molecular flexibility index (Phi) is 4.64. The number of halogens is 1. The van der Waals surface area contributed by atoms with E-state index < -0.39 is 11.2 Å². The van der Waals surface area contributed by atoms with Crippen LogP contribution in [0.3, 0.4) is 0 Å². The van der Waals surface area contributed by atoms with E-state index in [2.05, 4.69) is 4.98 Å². The van der Waals surface area contributed by atoms with Gasteiger partial charge in [-0.2, -0.15) is 0 Å². The molecule has 3 aliphatic rings. The summed E-state index contributed by atoms with van der Waals surface area (Å²) in [6.07, 6.45) is 8.34. The SMILES string of the molecule is Cn1cnc([C@@H]2C[C@@]3(CCCN(CC4CC4)C3=O)CN2C(=O)c2cccc(F)c2)c1. The Hall–Kier alpha value is -2.70. The number of hydrogen-bond donors (Lipinski definition) is 0. The summed E-state index contributed by atoms with van der Waals surface area (Å²) in [5.41, 5.74) is 0.524. The van der Waals surface area contributed by atoms with Crippen LogP contribution in [0.15, 0.2) is 36.8 Å². The number of piperidine rings is 1. The fraction of sp³-hybridized carbons (Fsp3) is 0.522. The maximum Gasteiger partial charge on any atom is 0.254 e. The summed E-state index contributed by atoms with van der Waals surface area (Å²) in [6.45, 7) is 2.01. The van der Waals surface area contributed by atoms with E-state index in [4.69, 9.17) is 0 Å². The molecule has 2 amide bonds. The van der Waals surface area contributed by atoms with Gasteiger partial charge in [-0.25, -0.2) is 9.37 Å². The molecule has 2 aromatic rings. The molecule has 1 aromatic carbocycles. The van der Waals surface area contributed by atoms with E-state index in [1.807, 2.05) is 22.7 Å². The highest BCUT2D eigenvalue weighted by Gasteiger charge is 2.54. The van der Waals surface area contributed by atoms with Crippen LogP contribution >= 0.6 is 0 Å².